The summed E-state index contributed by atoms with van der Waals surface area (Å²) >= 11 is 0. The number of aromatic nitrogens is 2. The number of pyridine rings is 2. The number of piperidine rings is 1. The molecule has 5 rings (SSSR count). The molecule has 0 unspecified atom stereocenters. The van der Waals surface area contributed by atoms with Crippen molar-refractivity contribution >= 4 is 28.4 Å². The van der Waals surface area contributed by atoms with Crippen molar-refractivity contribution in [1.29, 1.82) is 0 Å². The van der Waals surface area contributed by atoms with E-state index in [4.69, 9.17) is 0 Å². The lowest BCUT2D eigenvalue weighted by Gasteiger charge is -2.36. The van der Waals surface area contributed by atoms with E-state index in [0.29, 0.717) is 49.0 Å². The van der Waals surface area contributed by atoms with Gasteiger partial charge in [0, 0.05) is 43.4 Å². The number of nitrogens with zero attached hydrogens (tertiary/aromatic N) is 4. The summed E-state index contributed by atoms with van der Waals surface area (Å²) in [6.07, 6.45) is 0.855. The normalized spacial score (nSPS) is 16.8. The average molecular weight is 502 g/mol. The van der Waals surface area contributed by atoms with Crippen LogP contribution in [0.1, 0.15) is 31.4 Å². The number of carbonyl (C=O) groups is 1. The number of alkyl halides is 3. The Morgan fingerprint density at radius 2 is 1.75 bits per heavy atom. The lowest BCUT2D eigenvalue weighted by Crippen LogP contribution is -2.43. The third-order valence-electron chi connectivity index (χ3n) is 6.82. The summed E-state index contributed by atoms with van der Waals surface area (Å²) in [4.78, 5) is 25.1. The lowest BCUT2D eigenvalue weighted by atomic mass is 9.95. The lowest BCUT2D eigenvalue weighted by molar-refractivity contribution is -0.140. The zero-order chi connectivity index (χ0) is 25.3. The van der Waals surface area contributed by atoms with E-state index in [-0.39, 0.29) is 17.5 Å². The molecule has 0 spiro atoms. The van der Waals surface area contributed by atoms with E-state index in [9.17, 15) is 22.4 Å². The molecular weight excluding hydrogens is 474 g/mol. The van der Waals surface area contributed by atoms with Crippen molar-refractivity contribution in [3.8, 4) is 0 Å². The molecule has 2 aliphatic rings. The highest BCUT2D eigenvalue weighted by molar-refractivity contribution is 5.90. The van der Waals surface area contributed by atoms with Gasteiger partial charge in [-0.05, 0) is 73.9 Å². The summed E-state index contributed by atoms with van der Waals surface area (Å²) in [6, 6.07) is 9.56. The molecule has 1 N–H and O–H groups in total. The average Bonchev–Trinajstić information content (AvgIpc) is 3.67. The van der Waals surface area contributed by atoms with E-state index in [1.165, 1.54) is 30.5 Å². The molecule has 10 heteroatoms. The van der Waals surface area contributed by atoms with Crippen molar-refractivity contribution < 1.29 is 22.4 Å². The van der Waals surface area contributed by atoms with Gasteiger partial charge in [0.25, 0.3) is 0 Å². The zero-order valence-corrected chi connectivity index (χ0v) is 19.6. The molecule has 0 radical (unpaired) electrons. The van der Waals surface area contributed by atoms with Crippen LogP contribution in [0.25, 0.3) is 10.9 Å². The Labute approximate surface area is 206 Å². The molecular formula is C26H27F4N5O. The standard InChI is InChI=1S/C26H27F4N5O/c27-19-2-1-3-20(14-19)32-25(36)35(15-17-4-5-17)16-18-9-12-34(13-10-18)24-21-6-7-23(26(28,29)30)33-22(21)8-11-31-24/h1-3,6-8,11,14,17-18H,4-5,9-10,12-13,15-16H2,(H,32,36). The maximum absolute atomic E-state index is 13.5. The predicted molar refractivity (Wildman–Crippen MR) is 129 cm³/mol. The van der Waals surface area contributed by atoms with Crippen LogP contribution < -0.4 is 10.2 Å². The first-order valence-corrected chi connectivity index (χ1v) is 12.2. The highest BCUT2D eigenvalue weighted by Gasteiger charge is 2.33. The Bertz CT molecular complexity index is 1240. The Balaban J connectivity index is 1.24. The van der Waals surface area contributed by atoms with E-state index < -0.39 is 17.7 Å². The molecule has 2 fully saturated rings. The van der Waals surface area contributed by atoms with Crippen molar-refractivity contribution in [1.82, 2.24) is 14.9 Å². The fraction of sp³-hybridized carbons (Fsp3) is 0.423. The fourth-order valence-electron chi connectivity index (χ4n) is 4.71. The molecule has 0 bridgehead atoms. The Morgan fingerprint density at radius 1 is 1.03 bits per heavy atom. The van der Waals surface area contributed by atoms with Crippen LogP contribution in [0.4, 0.5) is 33.9 Å². The molecule has 2 amide bonds. The summed E-state index contributed by atoms with van der Waals surface area (Å²) in [5, 5.41) is 3.41. The molecule has 1 saturated carbocycles. The van der Waals surface area contributed by atoms with Crippen molar-refractivity contribution in [2.45, 2.75) is 31.9 Å². The second-order valence-corrected chi connectivity index (χ2v) is 9.61. The quantitative estimate of drug-likeness (QED) is 0.424. The number of urea groups is 1. The molecule has 0 atom stereocenters. The van der Waals surface area contributed by atoms with Gasteiger partial charge in [-0.15, -0.1) is 0 Å². The van der Waals surface area contributed by atoms with Gasteiger partial charge in [-0.1, -0.05) is 6.07 Å². The monoisotopic (exact) mass is 501 g/mol. The number of benzene rings is 1. The molecule has 1 aromatic carbocycles. The number of hydrogen-bond acceptors (Lipinski definition) is 4. The molecule has 6 nitrogen and oxygen atoms in total. The molecule has 1 aliphatic carbocycles. The number of nitrogens with one attached hydrogen (secondary N) is 1. The van der Waals surface area contributed by atoms with Crippen molar-refractivity contribution in [3.05, 3.63) is 60.2 Å². The number of carbonyl (C=O) groups excluding carboxylic acids is 1. The summed E-state index contributed by atoms with van der Waals surface area (Å²) in [6.45, 7) is 2.64. The van der Waals surface area contributed by atoms with Crippen LogP contribution in [0.5, 0.6) is 0 Å². The number of anilines is 2. The zero-order valence-electron chi connectivity index (χ0n) is 19.6. The molecule has 190 valence electrons. The molecule has 36 heavy (non-hydrogen) atoms. The Hall–Kier alpha value is -3.43. The first-order valence-electron chi connectivity index (χ1n) is 12.2. The first-order chi connectivity index (χ1) is 17.3. The van der Waals surface area contributed by atoms with Gasteiger partial charge in [0.1, 0.15) is 17.3 Å². The van der Waals surface area contributed by atoms with Gasteiger partial charge in [-0.2, -0.15) is 13.2 Å². The molecule has 2 aromatic heterocycles. The smallest absolute Gasteiger partial charge is 0.356 e. The summed E-state index contributed by atoms with van der Waals surface area (Å²) in [7, 11) is 0. The van der Waals surface area contributed by atoms with Crippen molar-refractivity contribution in [2.24, 2.45) is 11.8 Å². The van der Waals surface area contributed by atoms with E-state index in [2.05, 4.69) is 20.2 Å². The van der Waals surface area contributed by atoms with Crippen molar-refractivity contribution in [3.63, 3.8) is 0 Å². The maximum Gasteiger partial charge on any atom is 0.433 e. The van der Waals surface area contributed by atoms with Crippen LogP contribution in [0.3, 0.4) is 0 Å². The largest absolute Gasteiger partial charge is 0.433 e. The van der Waals surface area contributed by atoms with Crippen LogP contribution in [0, 0.1) is 17.7 Å². The van der Waals surface area contributed by atoms with Gasteiger partial charge < -0.3 is 15.1 Å². The van der Waals surface area contributed by atoms with E-state index in [1.54, 1.807) is 12.1 Å². The minimum Gasteiger partial charge on any atom is -0.356 e. The topological polar surface area (TPSA) is 61.4 Å². The van der Waals surface area contributed by atoms with Crippen LogP contribution in [-0.2, 0) is 6.18 Å². The third kappa shape index (κ3) is 5.68. The Morgan fingerprint density at radius 3 is 2.42 bits per heavy atom. The van der Waals surface area contributed by atoms with E-state index >= 15 is 0 Å². The fourth-order valence-corrected chi connectivity index (χ4v) is 4.71. The minimum absolute atomic E-state index is 0.225. The number of rotatable bonds is 6. The third-order valence-corrected chi connectivity index (χ3v) is 6.82. The van der Waals surface area contributed by atoms with Crippen molar-refractivity contribution in [2.75, 3.05) is 36.4 Å². The van der Waals surface area contributed by atoms with Crippen LogP contribution >= 0.6 is 0 Å². The van der Waals surface area contributed by atoms with E-state index in [0.717, 1.165) is 31.7 Å². The van der Waals surface area contributed by atoms with Crippen LogP contribution in [-0.4, -0.2) is 47.1 Å². The van der Waals surface area contributed by atoms with E-state index in [1.807, 2.05) is 4.90 Å². The number of fused-ring (bicyclic) bond motifs is 1. The Kier molecular flexibility index (Phi) is 6.68. The first kappa shape index (κ1) is 24.3. The van der Waals surface area contributed by atoms with Gasteiger partial charge in [0.05, 0.1) is 5.52 Å². The minimum atomic E-state index is -4.50. The van der Waals surface area contributed by atoms with Gasteiger partial charge in [0.15, 0.2) is 0 Å². The number of hydrogen-bond donors (Lipinski definition) is 1. The molecule has 1 aliphatic heterocycles. The summed E-state index contributed by atoms with van der Waals surface area (Å²) in [5.74, 6) is 1.02. The molecule has 3 heterocycles. The number of amides is 2. The highest BCUT2D eigenvalue weighted by Crippen LogP contribution is 2.33. The van der Waals surface area contributed by atoms with Gasteiger partial charge in [-0.25, -0.2) is 19.2 Å². The maximum atomic E-state index is 13.5. The molecule has 3 aromatic rings. The second-order valence-electron chi connectivity index (χ2n) is 9.61. The summed E-state index contributed by atoms with van der Waals surface area (Å²) < 4.78 is 52.7. The second kappa shape index (κ2) is 9.91. The molecule has 1 saturated heterocycles. The van der Waals surface area contributed by atoms with Gasteiger partial charge >= 0.3 is 12.2 Å². The van der Waals surface area contributed by atoms with Gasteiger partial charge in [0.2, 0.25) is 0 Å². The van der Waals surface area contributed by atoms with Gasteiger partial charge in [-0.3, -0.25) is 0 Å². The SMILES string of the molecule is O=C(Nc1cccc(F)c1)N(CC1CC1)CC1CCN(c2nccc3nc(C(F)(F)F)ccc23)CC1. The van der Waals surface area contributed by atoms with Crippen LogP contribution in [0.2, 0.25) is 0 Å². The highest BCUT2D eigenvalue weighted by atomic mass is 19.4. The summed E-state index contributed by atoms with van der Waals surface area (Å²) in [5.41, 5.74) is -0.223. The van der Waals surface area contributed by atoms with Crippen LogP contribution in [0.15, 0.2) is 48.7 Å². The number of halogens is 4. The predicted octanol–water partition coefficient (Wildman–Crippen LogP) is 5.95.